The summed E-state index contributed by atoms with van der Waals surface area (Å²) in [6.45, 7) is 4.00. The van der Waals surface area contributed by atoms with E-state index in [9.17, 15) is 75.7 Å². The van der Waals surface area contributed by atoms with E-state index < -0.39 is 79.3 Å². The van der Waals surface area contributed by atoms with Gasteiger partial charge in [0.05, 0.1) is 80.4 Å². The number of hydrogen-bond donors (Lipinski definition) is 13. The number of carbonyl (C=O) groups excluding carboxylic acids is 3. The van der Waals surface area contributed by atoms with Crippen LogP contribution in [0.15, 0.2) is 53.8 Å². The zero-order valence-corrected chi connectivity index (χ0v) is 41.0. The molecule has 2 rings (SSSR count). The van der Waals surface area contributed by atoms with E-state index in [2.05, 4.69) is 12.2 Å². The molecule has 396 valence electrons. The highest BCUT2D eigenvalue weighted by atomic mass is 16.5. The number of hydrogen-bond acceptors (Lipinski definition) is 16. The molecular weight excluding hydrogens is 897 g/mol. The lowest BCUT2D eigenvalue weighted by molar-refractivity contribution is -0.139. The Morgan fingerprint density at radius 2 is 1.00 bits per heavy atom. The first kappa shape index (κ1) is 61.7. The molecule has 0 saturated carbocycles. The van der Waals surface area contributed by atoms with Crippen LogP contribution in [0.25, 0.3) is 0 Å². The van der Waals surface area contributed by atoms with Crippen LogP contribution in [0.2, 0.25) is 0 Å². The summed E-state index contributed by atoms with van der Waals surface area (Å²) in [5.41, 5.74) is 1.91. The van der Waals surface area contributed by atoms with Crippen LogP contribution in [-0.2, 0) is 25.5 Å². The van der Waals surface area contributed by atoms with E-state index in [0.717, 1.165) is 56.1 Å². The highest BCUT2D eigenvalue weighted by molar-refractivity contribution is 6.08. The summed E-state index contributed by atoms with van der Waals surface area (Å²) in [5.74, 6) is 0.0918. The Morgan fingerprint density at radius 1 is 0.609 bits per heavy atom. The fourth-order valence-corrected chi connectivity index (χ4v) is 9.25. The predicted octanol–water partition coefficient (Wildman–Crippen LogP) is 1.57. The molecule has 3 amide bonds. The number of allylic oxidation sites excluding steroid dienone is 1. The zero-order valence-electron chi connectivity index (χ0n) is 41.0. The monoisotopic (exact) mass is 983 g/mol. The van der Waals surface area contributed by atoms with Crippen molar-refractivity contribution in [3.05, 3.63) is 59.4 Å². The molecule has 1 aromatic carbocycles. The average Bonchev–Trinajstić information content (AvgIpc) is 3.55. The lowest BCUT2D eigenvalue weighted by Crippen LogP contribution is -2.41. The second-order valence-electron chi connectivity index (χ2n) is 19.6. The quantitative estimate of drug-likeness (QED) is 0.0253. The number of aliphatic hydroxyl groups excluding tert-OH is 12. The minimum Gasteiger partial charge on any atom is -0.499 e. The second kappa shape index (κ2) is 34.1. The van der Waals surface area contributed by atoms with Crippen molar-refractivity contribution in [3.63, 3.8) is 0 Å². The van der Waals surface area contributed by atoms with Crippen LogP contribution in [0.5, 0.6) is 0 Å². The molecule has 69 heavy (non-hydrogen) atoms. The van der Waals surface area contributed by atoms with Crippen molar-refractivity contribution in [1.82, 2.24) is 10.2 Å². The number of nitrogens with one attached hydrogen (secondary N) is 1. The van der Waals surface area contributed by atoms with Gasteiger partial charge in [-0.1, -0.05) is 81.4 Å². The average molecular weight is 983 g/mol. The third-order valence-corrected chi connectivity index (χ3v) is 12.6. The van der Waals surface area contributed by atoms with Gasteiger partial charge >= 0.3 is 0 Å². The minimum atomic E-state index is -1.20. The molecule has 0 saturated heterocycles. The third kappa shape index (κ3) is 27.2. The Bertz CT molecular complexity index is 1640. The van der Waals surface area contributed by atoms with Crippen molar-refractivity contribution in [3.8, 4) is 0 Å². The molecule has 0 bridgehead atoms. The third-order valence-electron chi connectivity index (χ3n) is 12.6. The number of imide groups is 1. The lowest BCUT2D eigenvalue weighted by atomic mass is 9.94. The van der Waals surface area contributed by atoms with Crippen LogP contribution >= 0.6 is 0 Å². The molecule has 13 N–H and O–H groups in total. The molecule has 0 aliphatic carbocycles. The summed E-state index contributed by atoms with van der Waals surface area (Å²) in [4.78, 5) is 37.7. The molecule has 0 radical (unpaired) electrons. The Labute approximate surface area is 408 Å². The summed E-state index contributed by atoms with van der Waals surface area (Å²) >= 11 is 0. The van der Waals surface area contributed by atoms with Crippen LogP contribution in [0.3, 0.4) is 0 Å². The van der Waals surface area contributed by atoms with Gasteiger partial charge in [-0.05, 0) is 95.5 Å². The fraction of sp³-hybridized carbons (Fsp3) is 0.745. The van der Waals surface area contributed by atoms with E-state index >= 15 is 0 Å². The molecule has 14 atom stereocenters. The summed E-state index contributed by atoms with van der Waals surface area (Å²) in [7, 11) is 1.50. The molecule has 1 heterocycles. The van der Waals surface area contributed by atoms with Gasteiger partial charge in [-0.3, -0.25) is 19.3 Å². The lowest BCUT2D eigenvalue weighted by Gasteiger charge is -2.24. The van der Waals surface area contributed by atoms with E-state index in [1.165, 1.54) is 18.1 Å². The number of ether oxygens (including phenoxy) is 1. The van der Waals surface area contributed by atoms with E-state index in [4.69, 9.17) is 4.74 Å². The van der Waals surface area contributed by atoms with Gasteiger partial charge in [0.2, 0.25) is 6.41 Å². The number of amides is 3. The smallest absolute Gasteiger partial charge is 0.257 e. The van der Waals surface area contributed by atoms with Gasteiger partial charge in [0.25, 0.3) is 11.8 Å². The molecule has 0 unspecified atom stereocenters. The minimum absolute atomic E-state index is 0.0622. The predicted molar refractivity (Wildman–Crippen MR) is 258 cm³/mol. The first-order valence-corrected chi connectivity index (χ1v) is 24.9. The molecule has 0 aromatic heterocycles. The Hall–Kier alpha value is -3.37. The van der Waals surface area contributed by atoms with E-state index in [-0.39, 0.29) is 89.0 Å². The standard InChI is InChI=1S/C51H86N2O16/c1-33(16-34(2)17-50(67)53-48(49(69-3)30-51(53)68)18-35-13-9-7-10-14-35)12-8-5-4-6-11-15-36(55)19-37(56)20-38(57)21-39(58)22-40(59)23-41(60)24-42(61)25-43(62)26-44(63)27-45(64)28-46(65)29-47(66)31-52-32-54/h7,9-10,13-14,17,30,32-33,36-48,55-66H,4-6,8,11-12,15-16,18-29,31H2,1-3H3,(H,52,54)/b34-17-/t33-,36+,37-,38-,39-,40-,41-,42-,43-,44-,45-,46-,47+,48+/m1/s1. The maximum Gasteiger partial charge on any atom is 0.257 e. The summed E-state index contributed by atoms with van der Waals surface area (Å²) in [6, 6.07) is 9.17. The highest BCUT2D eigenvalue weighted by Crippen LogP contribution is 2.26. The molecule has 1 aromatic rings. The number of unbranched alkanes of at least 4 members (excludes halogenated alkanes) is 4. The van der Waals surface area contributed by atoms with Gasteiger partial charge in [-0.15, -0.1) is 0 Å². The number of benzene rings is 1. The van der Waals surface area contributed by atoms with Crippen molar-refractivity contribution in [2.45, 2.75) is 222 Å². The van der Waals surface area contributed by atoms with Crippen molar-refractivity contribution >= 4 is 18.2 Å². The van der Waals surface area contributed by atoms with Crippen molar-refractivity contribution in [1.29, 1.82) is 0 Å². The number of methoxy groups -OCH3 is 1. The molecule has 0 fully saturated rings. The van der Waals surface area contributed by atoms with Gasteiger partial charge in [0, 0.05) is 31.5 Å². The summed E-state index contributed by atoms with van der Waals surface area (Å²) in [5, 5.41) is 126. The molecule has 0 spiro atoms. The highest BCUT2D eigenvalue weighted by Gasteiger charge is 2.37. The molecule has 18 nitrogen and oxygen atoms in total. The van der Waals surface area contributed by atoms with Crippen molar-refractivity contribution < 1.29 is 80.4 Å². The number of carbonyl (C=O) groups is 3. The first-order chi connectivity index (χ1) is 32.7. The van der Waals surface area contributed by atoms with E-state index in [1.807, 2.05) is 37.3 Å². The van der Waals surface area contributed by atoms with E-state index in [0.29, 0.717) is 30.9 Å². The normalized spacial score (nSPS) is 20.1. The molecule has 1 aliphatic rings. The topological polar surface area (TPSA) is 318 Å². The van der Waals surface area contributed by atoms with Crippen LogP contribution in [0.4, 0.5) is 0 Å². The number of aliphatic hydroxyl groups is 12. The van der Waals surface area contributed by atoms with Crippen LogP contribution in [-0.4, -0.2) is 177 Å². The van der Waals surface area contributed by atoms with Gasteiger partial charge < -0.3 is 71.3 Å². The SMILES string of the molecule is COC1=CC(=O)N(C(=O)/C=C(/C)C[C@H](C)CCCCCCC[C@H](O)C[C@@H](O)C[C@@H](O)C[C@@H](O)C[C@@H](O)C[C@@H](O)C[C@@H](O)C[C@@H](O)C[C@@H](O)C[C@@H](O)C[C@@H](O)C[C@H](O)CNC=O)[C@H]1Cc1ccccc1. The van der Waals surface area contributed by atoms with Crippen LogP contribution in [0.1, 0.15) is 141 Å². The van der Waals surface area contributed by atoms with Crippen LogP contribution in [0, 0.1) is 5.92 Å². The maximum atomic E-state index is 13.3. The summed E-state index contributed by atoms with van der Waals surface area (Å²) in [6.07, 6.45) is -4.13. The fourth-order valence-electron chi connectivity index (χ4n) is 9.25. The maximum absolute atomic E-state index is 13.3. The van der Waals surface area contributed by atoms with Gasteiger partial charge in [-0.25, -0.2) is 0 Å². The Balaban J connectivity index is 1.56. The Kier molecular flexibility index (Phi) is 30.5. The molecule has 18 heteroatoms. The van der Waals surface area contributed by atoms with Gasteiger partial charge in [0.15, 0.2) is 0 Å². The van der Waals surface area contributed by atoms with E-state index in [1.54, 1.807) is 6.08 Å². The summed E-state index contributed by atoms with van der Waals surface area (Å²) < 4.78 is 5.45. The molecule has 1 aliphatic heterocycles. The first-order valence-electron chi connectivity index (χ1n) is 24.9. The van der Waals surface area contributed by atoms with Crippen molar-refractivity contribution in [2.75, 3.05) is 13.7 Å². The largest absolute Gasteiger partial charge is 0.499 e. The number of rotatable bonds is 39. The second-order valence-corrected chi connectivity index (χ2v) is 19.6. The molecular formula is C51H86N2O16. The zero-order chi connectivity index (χ0) is 51.5. The number of nitrogens with zero attached hydrogens (tertiary/aromatic N) is 1. The Morgan fingerprint density at radius 3 is 1.42 bits per heavy atom. The van der Waals surface area contributed by atoms with Crippen molar-refractivity contribution in [2.24, 2.45) is 5.92 Å². The van der Waals surface area contributed by atoms with Gasteiger partial charge in [-0.2, -0.15) is 0 Å². The van der Waals surface area contributed by atoms with Crippen LogP contribution < -0.4 is 5.32 Å². The van der Waals surface area contributed by atoms with Gasteiger partial charge in [0.1, 0.15) is 11.8 Å².